The normalized spacial score (nSPS) is 28.2. The van der Waals surface area contributed by atoms with Crippen molar-refractivity contribution in [2.45, 2.75) is 14.1 Å². The summed E-state index contributed by atoms with van der Waals surface area (Å²) >= 11 is 42.5. The number of fused-ring (bicyclic) bond motifs is 5. The highest BCUT2D eigenvalue weighted by Crippen LogP contribution is 2.77. The first-order valence-corrected chi connectivity index (χ1v) is 14.2. The quantitative estimate of drug-likeness (QED) is 0.118. The maximum absolute atomic E-state index is 13.9. The number of nitrogens with zero attached hydrogens (tertiary/aromatic N) is 3. The Morgan fingerprint density at radius 2 is 1.32 bits per heavy atom. The standard InChI is InChI=1S/C24H12BrCl6N3O6/c25-12-5-1-10(2-6-12)14(35)9-32(19(36)11-3-7-13(8-4-11)34(39)40)33-20(37)15-16(21(33)38)23(29)18(27)17(26)22(15,28)24(23,30)31/h1-8,15-16H,9H2/t15-,16+,22-,23-/m1/s1. The topological polar surface area (TPSA) is 118 Å². The van der Waals surface area contributed by atoms with Crippen LogP contribution in [-0.4, -0.2) is 59.1 Å². The lowest BCUT2D eigenvalue weighted by molar-refractivity contribution is -0.384. The van der Waals surface area contributed by atoms with Crippen molar-refractivity contribution in [3.8, 4) is 0 Å². The van der Waals surface area contributed by atoms with Crippen molar-refractivity contribution in [3.05, 3.63) is 84.3 Å². The van der Waals surface area contributed by atoms with Gasteiger partial charge >= 0.3 is 0 Å². The molecule has 0 aromatic heterocycles. The van der Waals surface area contributed by atoms with Crippen LogP contribution in [0.4, 0.5) is 5.69 Å². The molecular formula is C24H12BrCl6N3O6. The highest BCUT2D eigenvalue weighted by molar-refractivity contribution is 9.10. The molecule has 1 heterocycles. The lowest BCUT2D eigenvalue weighted by atomic mass is 9.84. The van der Waals surface area contributed by atoms with Gasteiger partial charge in [0.25, 0.3) is 23.4 Å². The molecule has 208 valence electrons. The molecule has 1 saturated carbocycles. The van der Waals surface area contributed by atoms with Gasteiger partial charge in [-0.25, -0.2) is 5.01 Å². The summed E-state index contributed by atoms with van der Waals surface area (Å²) in [7, 11) is 0. The summed E-state index contributed by atoms with van der Waals surface area (Å²) < 4.78 is -1.51. The molecule has 2 aliphatic carbocycles. The minimum absolute atomic E-state index is 0.158. The molecule has 0 spiro atoms. The molecule has 1 aliphatic heterocycles. The number of nitro benzene ring substituents is 1. The molecular weight excluding hydrogens is 719 g/mol. The number of benzene rings is 2. The summed E-state index contributed by atoms with van der Waals surface area (Å²) in [6.07, 6.45) is 0. The molecule has 1 saturated heterocycles. The number of allylic oxidation sites excluding steroid dienone is 2. The van der Waals surface area contributed by atoms with Crippen LogP contribution < -0.4 is 0 Å². The first-order valence-electron chi connectivity index (χ1n) is 11.1. The summed E-state index contributed by atoms with van der Waals surface area (Å²) in [5, 5.41) is 11.5. The number of hydrazine groups is 1. The molecule has 0 radical (unpaired) electrons. The van der Waals surface area contributed by atoms with E-state index in [2.05, 4.69) is 15.9 Å². The summed E-state index contributed by atoms with van der Waals surface area (Å²) in [6.45, 7) is -0.777. The molecule has 3 amide bonds. The van der Waals surface area contributed by atoms with Gasteiger partial charge in [0, 0.05) is 27.7 Å². The molecule has 2 aromatic rings. The number of hydrogen-bond donors (Lipinski definition) is 0. The second-order valence-corrected chi connectivity index (χ2v) is 13.4. The smallest absolute Gasteiger partial charge is 0.273 e. The van der Waals surface area contributed by atoms with Crippen LogP contribution in [-0.2, 0) is 9.59 Å². The number of imide groups is 1. The SMILES string of the molecule is O=C(CN(C(=O)c1ccc([N+](=O)[O-])cc1)N1C(=O)[C@@H]2[C@H](C1=O)[C@@]1(Cl)C(Cl)=C(Cl)[C@@]2(Cl)C1(Cl)Cl)c1ccc(Br)cc1. The second kappa shape index (κ2) is 9.83. The molecule has 16 heteroatoms. The Kier molecular flexibility index (Phi) is 7.27. The number of amides is 3. The van der Waals surface area contributed by atoms with E-state index in [4.69, 9.17) is 69.6 Å². The maximum Gasteiger partial charge on any atom is 0.273 e. The van der Waals surface area contributed by atoms with Crippen molar-refractivity contribution in [3.63, 3.8) is 0 Å². The van der Waals surface area contributed by atoms with Gasteiger partial charge in [0.15, 0.2) is 10.1 Å². The zero-order valence-corrected chi connectivity index (χ0v) is 25.5. The molecule has 3 aliphatic rings. The fourth-order valence-electron chi connectivity index (χ4n) is 5.19. The van der Waals surface area contributed by atoms with E-state index in [-0.39, 0.29) is 26.9 Å². The van der Waals surface area contributed by atoms with Gasteiger partial charge in [0.05, 0.1) is 26.8 Å². The van der Waals surface area contributed by atoms with Gasteiger partial charge in [-0.1, -0.05) is 74.5 Å². The first-order chi connectivity index (χ1) is 18.6. The number of halogens is 7. The highest BCUT2D eigenvalue weighted by Gasteiger charge is 2.88. The van der Waals surface area contributed by atoms with E-state index in [0.717, 1.165) is 24.3 Å². The third-order valence-corrected chi connectivity index (χ3v) is 11.9. The minimum atomic E-state index is -2.19. The third-order valence-electron chi connectivity index (χ3n) is 7.15. The Bertz CT molecular complexity index is 1510. The molecule has 2 fully saturated rings. The van der Waals surface area contributed by atoms with Crippen LogP contribution in [0.15, 0.2) is 63.1 Å². The van der Waals surface area contributed by atoms with E-state index < -0.39 is 60.9 Å². The van der Waals surface area contributed by atoms with Crippen molar-refractivity contribution in [2.75, 3.05) is 6.54 Å². The Labute approximate surface area is 264 Å². The molecule has 4 atom stereocenters. The van der Waals surface area contributed by atoms with Crippen molar-refractivity contribution >= 4 is 115 Å². The van der Waals surface area contributed by atoms with Gasteiger partial charge in [0.1, 0.15) is 16.3 Å². The Morgan fingerprint density at radius 3 is 1.77 bits per heavy atom. The minimum Gasteiger partial charge on any atom is -0.292 e. The second-order valence-electron chi connectivity index (χ2n) is 9.17. The van der Waals surface area contributed by atoms with Gasteiger partial charge in [-0.15, -0.1) is 23.2 Å². The van der Waals surface area contributed by atoms with E-state index in [1.54, 1.807) is 12.1 Å². The van der Waals surface area contributed by atoms with Gasteiger partial charge in [-0.2, -0.15) is 5.01 Å². The molecule has 5 rings (SSSR count). The number of carbonyl (C=O) groups is 4. The molecule has 40 heavy (non-hydrogen) atoms. The van der Waals surface area contributed by atoms with Crippen LogP contribution in [0.5, 0.6) is 0 Å². The van der Waals surface area contributed by atoms with E-state index in [9.17, 15) is 29.3 Å². The fourth-order valence-corrected chi connectivity index (χ4v) is 8.38. The lowest BCUT2D eigenvalue weighted by Crippen LogP contribution is -2.56. The van der Waals surface area contributed by atoms with Gasteiger partial charge < -0.3 is 0 Å². The van der Waals surface area contributed by atoms with Crippen molar-refractivity contribution in [2.24, 2.45) is 11.8 Å². The zero-order chi connectivity index (χ0) is 29.5. The Hall–Kier alpha value is -1.92. The first kappa shape index (κ1) is 29.6. The largest absolute Gasteiger partial charge is 0.292 e. The predicted molar refractivity (Wildman–Crippen MR) is 152 cm³/mol. The monoisotopic (exact) mass is 727 g/mol. The number of alkyl halides is 4. The van der Waals surface area contributed by atoms with Crippen LogP contribution in [0.2, 0.25) is 0 Å². The van der Waals surface area contributed by atoms with Crippen LogP contribution >= 0.6 is 85.5 Å². The zero-order valence-electron chi connectivity index (χ0n) is 19.4. The average molecular weight is 731 g/mol. The van der Waals surface area contributed by atoms with Crippen LogP contribution in [0.3, 0.4) is 0 Å². The predicted octanol–water partition coefficient (Wildman–Crippen LogP) is 6.04. The molecule has 0 N–H and O–H groups in total. The average Bonchev–Trinajstić information content (AvgIpc) is 3.30. The highest BCUT2D eigenvalue weighted by atomic mass is 79.9. The van der Waals surface area contributed by atoms with Gasteiger partial charge in [0.2, 0.25) is 0 Å². The summed E-state index contributed by atoms with van der Waals surface area (Å²) in [4.78, 5) is 60.9. The van der Waals surface area contributed by atoms with E-state index in [1.165, 1.54) is 12.1 Å². The van der Waals surface area contributed by atoms with Crippen LogP contribution in [0.1, 0.15) is 20.7 Å². The fraction of sp³-hybridized carbons (Fsp3) is 0.250. The Morgan fingerprint density at radius 1 is 0.875 bits per heavy atom. The van der Waals surface area contributed by atoms with E-state index in [0.29, 0.717) is 14.5 Å². The molecule has 2 bridgehead atoms. The number of non-ortho nitro benzene ring substituents is 1. The number of ketones is 1. The number of rotatable bonds is 6. The summed E-state index contributed by atoms with van der Waals surface area (Å²) in [5.74, 6) is -6.80. The summed E-state index contributed by atoms with van der Waals surface area (Å²) in [5.41, 5.74) is -0.299. The molecule has 2 aromatic carbocycles. The van der Waals surface area contributed by atoms with Crippen molar-refractivity contribution in [1.29, 1.82) is 0 Å². The molecule has 0 unspecified atom stereocenters. The van der Waals surface area contributed by atoms with Crippen LogP contribution in [0.25, 0.3) is 0 Å². The number of Topliss-reactive ketones (excluding diaryl/α,β-unsaturated/α-hetero) is 1. The number of nitro groups is 1. The number of carbonyl (C=O) groups excluding carboxylic acids is 4. The van der Waals surface area contributed by atoms with Crippen molar-refractivity contribution in [1.82, 2.24) is 10.0 Å². The van der Waals surface area contributed by atoms with E-state index >= 15 is 0 Å². The van der Waals surface area contributed by atoms with E-state index in [1.807, 2.05) is 0 Å². The summed E-state index contributed by atoms with van der Waals surface area (Å²) in [6, 6.07) is 10.5. The van der Waals surface area contributed by atoms with Crippen LogP contribution in [0, 0.1) is 22.0 Å². The maximum atomic E-state index is 13.9. The van der Waals surface area contributed by atoms with Gasteiger partial charge in [-0.05, 0) is 24.3 Å². The third kappa shape index (κ3) is 3.80. The molecule has 9 nitrogen and oxygen atoms in total. The van der Waals surface area contributed by atoms with Crippen molar-refractivity contribution < 1.29 is 24.1 Å². The Balaban J connectivity index is 1.59. The van der Waals surface area contributed by atoms with Gasteiger partial charge in [-0.3, -0.25) is 29.3 Å². The number of hydrogen-bond acceptors (Lipinski definition) is 6. The lowest BCUT2D eigenvalue weighted by Gasteiger charge is -2.36.